The summed E-state index contributed by atoms with van der Waals surface area (Å²) in [4.78, 5) is 0. The number of hydrogen-bond acceptors (Lipinski definition) is 2. The molecular weight excluding hydrogens is 229 g/mol. The lowest BCUT2D eigenvalue weighted by Gasteiger charge is -2.18. The summed E-state index contributed by atoms with van der Waals surface area (Å²) >= 11 is 0. The molecule has 0 radical (unpaired) electrons. The fraction of sp³-hybridized carbons (Fsp3) is 0.600. The van der Waals surface area contributed by atoms with Crippen molar-refractivity contribution in [3.63, 3.8) is 0 Å². The molecule has 1 atom stereocenters. The quantitative estimate of drug-likeness (QED) is 0.716. The van der Waals surface area contributed by atoms with Crippen LogP contribution in [0.5, 0.6) is 0 Å². The highest BCUT2D eigenvalue weighted by Gasteiger charge is 2.31. The molecular formula is C15H22FNO. The first-order valence-electron chi connectivity index (χ1n) is 6.79. The zero-order valence-electron chi connectivity index (χ0n) is 11.0. The molecule has 0 aromatic heterocycles. The third-order valence-corrected chi connectivity index (χ3v) is 3.46. The summed E-state index contributed by atoms with van der Waals surface area (Å²) in [6.07, 6.45) is 4.78. The van der Waals surface area contributed by atoms with Crippen LogP contribution in [0.1, 0.15) is 37.3 Å². The van der Waals surface area contributed by atoms with E-state index in [-0.39, 0.29) is 5.82 Å². The Morgan fingerprint density at radius 3 is 2.61 bits per heavy atom. The normalized spacial score (nSPS) is 16.8. The summed E-state index contributed by atoms with van der Waals surface area (Å²) in [5, 5.41) is 3.60. The first-order chi connectivity index (χ1) is 8.81. The van der Waals surface area contributed by atoms with Crippen LogP contribution in [0.3, 0.4) is 0 Å². The van der Waals surface area contributed by atoms with Crippen LogP contribution >= 0.6 is 0 Å². The monoisotopic (exact) mass is 251 g/mol. The molecule has 0 bridgehead atoms. The molecule has 1 aliphatic carbocycles. The molecule has 0 heterocycles. The van der Waals surface area contributed by atoms with E-state index in [1.165, 1.54) is 18.4 Å². The SMILES string of the molecule is COCCCCNC(c1ccc(F)cc1)C1CC1. The Balaban J connectivity index is 1.82. The van der Waals surface area contributed by atoms with Crippen molar-refractivity contribution >= 4 is 0 Å². The maximum atomic E-state index is 12.9. The van der Waals surface area contributed by atoms with Crippen molar-refractivity contribution in [1.82, 2.24) is 5.32 Å². The fourth-order valence-corrected chi connectivity index (χ4v) is 2.29. The molecule has 2 rings (SSSR count). The first-order valence-corrected chi connectivity index (χ1v) is 6.79. The van der Waals surface area contributed by atoms with Crippen molar-refractivity contribution in [2.24, 2.45) is 5.92 Å². The summed E-state index contributed by atoms with van der Waals surface area (Å²) in [5.41, 5.74) is 1.21. The Labute approximate surface area is 109 Å². The van der Waals surface area contributed by atoms with Crippen LogP contribution in [0, 0.1) is 11.7 Å². The van der Waals surface area contributed by atoms with Crippen molar-refractivity contribution in [3.05, 3.63) is 35.6 Å². The molecule has 2 nitrogen and oxygen atoms in total. The molecule has 0 amide bonds. The molecule has 0 saturated heterocycles. The van der Waals surface area contributed by atoms with Crippen molar-refractivity contribution in [2.45, 2.75) is 31.7 Å². The Bertz CT molecular complexity index is 348. The number of methoxy groups -OCH3 is 1. The van der Waals surface area contributed by atoms with Crippen molar-refractivity contribution < 1.29 is 9.13 Å². The van der Waals surface area contributed by atoms with E-state index < -0.39 is 0 Å². The minimum Gasteiger partial charge on any atom is -0.385 e. The van der Waals surface area contributed by atoms with E-state index in [0.29, 0.717) is 6.04 Å². The highest BCUT2D eigenvalue weighted by Crippen LogP contribution is 2.40. The van der Waals surface area contributed by atoms with Gasteiger partial charge in [-0.05, 0) is 55.8 Å². The smallest absolute Gasteiger partial charge is 0.123 e. The van der Waals surface area contributed by atoms with Crippen LogP contribution in [0.2, 0.25) is 0 Å². The number of hydrogen-bond donors (Lipinski definition) is 1. The van der Waals surface area contributed by atoms with Gasteiger partial charge in [-0.1, -0.05) is 12.1 Å². The summed E-state index contributed by atoms with van der Waals surface area (Å²) in [6.45, 7) is 1.83. The lowest BCUT2D eigenvalue weighted by molar-refractivity contribution is 0.192. The van der Waals surface area contributed by atoms with Gasteiger partial charge in [0.25, 0.3) is 0 Å². The number of ether oxygens (including phenoxy) is 1. The minimum absolute atomic E-state index is 0.159. The second-order valence-corrected chi connectivity index (χ2v) is 5.02. The van der Waals surface area contributed by atoms with Crippen LogP contribution in [0.25, 0.3) is 0 Å². The van der Waals surface area contributed by atoms with Crippen LogP contribution in [0.15, 0.2) is 24.3 Å². The molecule has 1 aliphatic rings. The Morgan fingerprint density at radius 1 is 1.28 bits per heavy atom. The fourth-order valence-electron chi connectivity index (χ4n) is 2.29. The topological polar surface area (TPSA) is 21.3 Å². The average Bonchev–Trinajstić information content (AvgIpc) is 3.20. The van der Waals surface area contributed by atoms with Crippen LogP contribution in [-0.4, -0.2) is 20.3 Å². The molecule has 1 saturated carbocycles. The van der Waals surface area contributed by atoms with Gasteiger partial charge in [0, 0.05) is 19.8 Å². The second-order valence-electron chi connectivity index (χ2n) is 5.02. The maximum Gasteiger partial charge on any atom is 0.123 e. The van der Waals surface area contributed by atoms with Crippen molar-refractivity contribution in [2.75, 3.05) is 20.3 Å². The van der Waals surface area contributed by atoms with E-state index >= 15 is 0 Å². The predicted molar refractivity (Wildman–Crippen MR) is 71.0 cm³/mol. The molecule has 1 fully saturated rings. The van der Waals surface area contributed by atoms with Gasteiger partial charge >= 0.3 is 0 Å². The lowest BCUT2D eigenvalue weighted by atomic mass is 10.0. The highest BCUT2D eigenvalue weighted by molar-refractivity contribution is 5.21. The van der Waals surface area contributed by atoms with E-state index in [4.69, 9.17) is 4.74 Å². The zero-order chi connectivity index (χ0) is 12.8. The van der Waals surface area contributed by atoms with Gasteiger partial charge in [0.15, 0.2) is 0 Å². The van der Waals surface area contributed by atoms with Crippen molar-refractivity contribution in [3.8, 4) is 0 Å². The molecule has 0 spiro atoms. The van der Waals surface area contributed by atoms with Gasteiger partial charge in [-0.3, -0.25) is 0 Å². The Morgan fingerprint density at radius 2 is 2.00 bits per heavy atom. The molecule has 1 N–H and O–H groups in total. The molecule has 100 valence electrons. The summed E-state index contributed by atoms with van der Waals surface area (Å²) in [6, 6.07) is 7.31. The van der Waals surface area contributed by atoms with Crippen molar-refractivity contribution in [1.29, 1.82) is 0 Å². The Hall–Kier alpha value is -0.930. The first kappa shape index (κ1) is 13.5. The van der Waals surface area contributed by atoms with E-state index in [2.05, 4.69) is 5.32 Å². The number of benzene rings is 1. The largest absolute Gasteiger partial charge is 0.385 e. The molecule has 1 aromatic rings. The second kappa shape index (κ2) is 6.86. The zero-order valence-corrected chi connectivity index (χ0v) is 11.0. The molecule has 18 heavy (non-hydrogen) atoms. The summed E-state index contributed by atoms with van der Waals surface area (Å²) in [7, 11) is 1.74. The number of nitrogens with one attached hydrogen (secondary N) is 1. The number of halogens is 1. The van der Waals surface area contributed by atoms with E-state index in [0.717, 1.165) is 31.9 Å². The average molecular weight is 251 g/mol. The maximum absolute atomic E-state index is 12.9. The van der Waals surface area contributed by atoms with Gasteiger partial charge in [0.2, 0.25) is 0 Å². The highest BCUT2D eigenvalue weighted by atomic mass is 19.1. The standard InChI is InChI=1S/C15H22FNO/c1-18-11-3-2-10-17-15(12-4-5-12)13-6-8-14(16)9-7-13/h6-9,12,15,17H,2-5,10-11H2,1H3. The van der Waals surface area contributed by atoms with Crippen LogP contribution < -0.4 is 5.32 Å². The van der Waals surface area contributed by atoms with Gasteiger partial charge in [0.1, 0.15) is 5.82 Å². The van der Waals surface area contributed by atoms with Gasteiger partial charge in [-0.2, -0.15) is 0 Å². The van der Waals surface area contributed by atoms with Gasteiger partial charge in [-0.25, -0.2) is 4.39 Å². The summed E-state index contributed by atoms with van der Waals surface area (Å²) in [5.74, 6) is 0.575. The number of unbranched alkanes of at least 4 members (excludes halogenated alkanes) is 1. The predicted octanol–water partition coefficient (Wildman–Crippen LogP) is 3.29. The molecule has 0 aliphatic heterocycles. The lowest BCUT2D eigenvalue weighted by Crippen LogP contribution is -2.24. The van der Waals surface area contributed by atoms with E-state index in [1.807, 2.05) is 12.1 Å². The third-order valence-electron chi connectivity index (χ3n) is 3.46. The van der Waals surface area contributed by atoms with Gasteiger partial charge in [-0.15, -0.1) is 0 Å². The van der Waals surface area contributed by atoms with Gasteiger partial charge < -0.3 is 10.1 Å². The summed E-state index contributed by atoms with van der Waals surface area (Å²) < 4.78 is 18.0. The molecule has 3 heteroatoms. The Kier molecular flexibility index (Phi) is 5.14. The van der Waals surface area contributed by atoms with Crippen LogP contribution in [-0.2, 0) is 4.74 Å². The van der Waals surface area contributed by atoms with E-state index in [1.54, 1.807) is 19.2 Å². The number of rotatable bonds is 8. The van der Waals surface area contributed by atoms with Gasteiger partial charge in [0.05, 0.1) is 0 Å². The van der Waals surface area contributed by atoms with Crippen LogP contribution in [0.4, 0.5) is 4.39 Å². The van der Waals surface area contributed by atoms with E-state index in [9.17, 15) is 4.39 Å². The third kappa shape index (κ3) is 4.07. The minimum atomic E-state index is -0.159. The molecule has 1 aromatic carbocycles. The molecule has 1 unspecified atom stereocenters.